The molecular weight excluding hydrogens is 231 g/mol. The molecule has 0 saturated carbocycles. The normalized spacial score (nSPS) is 16.6. The molecule has 1 aliphatic heterocycles. The number of nitrogens with one attached hydrogen (secondary N) is 1. The number of nitrogens with zero attached hydrogens (tertiary/aromatic N) is 1. The summed E-state index contributed by atoms with van der Waals surface area (Å²) >= 11 is 0. The molecule has 0 aromatic heterocycles. The fraction of sp³-hybridized carbons (Fsp3) is 0.500. The second kappa shape index (κ2) is 5.96. The van der Waals surface area contributed by atoms with Crippen molar-refractivity contribution in [3.63, 3.8) is 0 Å². The lowest BCUT2D eigenvalue weighted by molar-refractivity contribution is -0.118. The van der Waals surface area contributed by atoms with Crippen molar-refractivity contribution in [1.82, 2.24) is 5.32 Å². The Morgan fingerprint density at radius 2 is 2.17 bits per heavy atom. The van der Waals surface area contributed by atoms with Gasteiger partial charge in [-0.1, -0.05) is 13.0 Å². The van der Waals surface area contributed by atoms with E-state index in [0.29, 0.717) is 12.1 Å². The average molecular weight is 250 g/mol. The predicted molar refractivity (Wildman–Crippen MR) is 70.1 cm³/mol. The Balaban J connectivity index is 2.26. The molecule has 2 rings (SSSR count). The lowest BCUT2D eigenvalue weighted by Gasteiger charge is -2.34. The standard InChI is InChI=1S/C14H19FN2O/c1-2-14(18)17(12-6-8-16-9-7-12)13-5-3-4-11(15)10-13/h3-5,10,12,16H,2,6-9H2,1H3. The van der Waals surface area contributed by atoms with Gasteiger partial charge in [0.2, 0.25) is 5.91 Å². The lowest BCUT2D eigenvalue weighted by Crippen LogP contribution is -2.46. The molecule has 1 aromatic carbocycles. The van der Waals surface area contributed by atoms with Crippen molar-refractivity contribution in [2.45, 2.75) is 32.2 Å². The SMILES string of the molecule is CCC(=O)N(c1cccc(F)c1)C1CCNCC1. The molecule has 1 saturated heterocycles. The monoisotopic (exact) mass is 250 g/mol. The van der Waals surface area contributed by atoms with Gasteiger partial charge < -0.3 is 10.2 Å². The van der Waals surface area contributed by atoms with E-state index >= 15 is 0 Å². The number of halogens is 1. The fourth-order valence-electron chi connectivity index (χ4n) is 2.42. The molecule has 0 atom stereocenters. The van der Waals surface area contributed by atoms with Crippen molar-refractivity contribution >= 4 is 11.6 Å². The molecule has 1 heterocycles. The summed E-state index contributed by atoms with van der Waals surface area (Å²) in [7, 11) is 0. The number of carbonyl (C=O) groups excluding carboxylic acids is 1. The van der Waals surface area contributed by atoms with Crippen molar-refractivity contribution in [2.75, 3.05) is 18.0 Å². The van der Waals surface area contributed by atoms with Crippen LogP contribution in [-0.2, 0) is 4.79 Å². The van der Waals surface area contributed by atoms with Crippen LogP contribution < -0.4 is 10.2 Å². The molecule has 0 spiro atoms. The van der Waals surface area contributed by atoms with E-state index in [1.165, 1.54) is 12.1 Å². The fourth-order valence-corrected chi connectivity index (χ4v) is 2.42. The summed E-state index contributed by atoms with van der Waals surface area (Å²) in [5.74, 6) is -0.233. The van der Waals surface area contributed by atoms with Gasteiger partial charge in [0.1, 0.15) is 5.82 Å². The van der Waals surface area contributed by atoms with Gasteiger partial charge in [0, 0.05) is 18.2 Å². The van der Waals surface area contributed by atoms with Gasteiger partial charge >= 0.3 is 0 Å². The van der Waals surface area contributed by atoms with E-state index in [1.807, 2.05) is 6.92 Å². The maximum absolute atomic E-state index is 13.3. The molecule has 0 radical (unpaired) electrons. The Hall–Kier alpha value is -1.42. The second-order valence-electron chi connectivity index (χ2n) is 4.58. The highest BCUT2D eigenvalue weighted by Gasteiger charge is 2.25. The number of rotatable bonds is 3. The maximum atomic E-state index is 13.3. The van der Waals surface area contributed by atoms with Crippen LogP contribution in [0.1, 0.15) is 26.2 Å². The molecule has 1 aromatic rings. The van der Waals surface area contributed by atoms with Gasteiger partial charge in [0.05, 0.1) is 0 Å². The smallest absolute Gasteiger partial charge is 0.226 e. The number of hydrogen-bond donors (Lipinski definition) is 1. The maximum Gasteiger partial charge on any atom is 0.226 e. The summed E-state index contributed by atoms with van der Waals surface area (Å²) in [6, 6.07) is 6.48. The van der Waals surface area contributed by atoms with E-state index in [9.17, 15) is 9.18 Å². The Morgan fingerprint density at radius 3 is 2.78 bits per heavy atom. The van der Waals surface area contributed by atoms with Crippen LogP contribution in [0.4, 0.5) is 10.1 Å². The molecular formula is C14H19FN2O. The molecule has 98 valence electrons. The van der Waals surface area contributed by atoms with Crippen LogP contribution in [-0.4, -0.2) is 25.0 Å². The van der Waals surface area contributed by atoms with E-state index in [2.05, 4.69) is 5.32 Å². The van der Waals surface area contributed by atoms with Crippen molar-refractivity contribution in [3.05, 3.63) is 30.1 Å². The Morgan fingerprint density at radius 1 is 1.44 bits per heavy atom. The molecule has 18 heavy (non-hydrogen) atoms. The summed E-state index contributed by atoms with van der Waals surface area (Å²) in [4.78, 5) is 13.9. The Kier molecular flexibility index (Phi) is 4.31. The van der Waals surface area contributed by atoms with Gasteiger partial charge in [-0.05, 0) is 44.1 Å². The first-order valence-corrected chi connectivity index (χ1v) is 6.50. The molecule has 3 nitrogen and oxygen atoms in total. The molecule has 1 N–H and O–H groups in total. The second-order valence-corrected chi connectivity index (χ2v) is 4.58. The van der Waals surface area contributed by atoms with Crippen LogP contribution in [0.2, 0.25) is 0 Å². The highest BCUT2D eigenvalue weighted by atomic mass is 19.1. The minimum atomic E-state index is -0.296. The van der Waals surface area contributed by atoms with Gasteiger partial charge in [-0.3, -0.25) is 4.79 Å². The highest BCUT2D eigenvalue weighted by molar-refractivity contribution is 5.93. The zero-order valence-corrected chi connectivity index (χ0v) is 10.7. The van der Waals surface area contributed by atoms with Crippen LogP contribution in [0.15, 0.2) is 24.3 Å². The third kappa shape index (κ3) is 2.88. The van der Waals surface area contributed by atoms with E-state index in [0.717, 1.165) is 25.9 Å². The molecule has 4 heteroatoms. The number of carbonyl (C=O) groups is 1. The minimum Gasteiger partial charge on any atom is -0.317 e. The van der Waals surface area contributed by atoms with Gasteiger partial charge in [-0.25, -0.2) is 4.39 Å². The van der Waals surface area contributed by atoms with Crippen molar-refractivity contribution in [1.29, 1.82) is 0 Å². The number of amides is 1. The predicted octanol–water partition coefficient (Wildman–Crippen LogP) is 2.32. The summed E-state index contributed by atoms with van der Waals surface area (Å²) in [5.41, 5.74) is 0.675. The lowest BCUT2D eigenvalue weighted by atomic mass is 10.0. The topological polar surface area (TPSA) is 32.3 Å². The number of piperidine rings is 1. The van der Waals surface area contributed by atoms with Crippen LogP contribution in [0, 0.1) is 5.82 Å². The van der Waals surface area contributed by atoms with Crippen molar-refractivity contribution in [3.8, 4) is 0 Å². The third-order valence-electron chi connectivity index (χ3n) is 3.33. The van der Waals surface area contributed by atoms with Crippen LogP contribution >= 0.6 is 0 Å². The first-order valence-electron chi connectivity index (χ1n) is 6.50. The van der Waals surface area contributed by atoms with Crippen LogP contribution in [0.3, 0.4) is 0 Å². The average Bonchev–Trinajstić information content (AvgIpc) is 2.40. The van der Waals surface area contributed by atoms with E-state index in [-0.39, 0.29) is 17.8 Å². The first kappa shape index (κ1) is 13.0. The van der Waals surface area contributed by atoms with Gasteiger partial charge in [-0.2, -0.15) is 0 Å². The van der Waals surface area contributed by atoms with Gasteiger partial charge in [0.15, 0.2) is 0 Å². The minimum absolute atomic E-state index is 0.0625. The molecule has 1 fully saturated rings. The first-order chi connectivity index (χ1) is 8.72. The van der Waals surface area contributed by atoms with Gasteiger partial charge in [-0.15, -0.1) is 0 Å². The van der Waals surface area contributed by atoms with Gasteiger partial charge in [0.25, 0.3) is 0 Å². The highest BCUT2D eigenvalue weighted by Crippen LogP contribution is 2.23. The zero-order valence-electron chi connectivity index (χ0n) is 10.7. The van der Waals surface area contributed by atoms with Crippen molar-refractivity contribution in [2.24, 2.45) is 0 Å². The largest absolute Gasteiger partial charge is 0.317 e. The molecule has 1 aliphatic rings. The number of anilines is 1. The summed E-state index contributed by atoms with van der Waals surface area (Å²) < 4.78 is 13.3. The number of hydrogen-bond acceptors (Lipinski definition) is 2. The molecule has 0 aliphatic carbocycles. The van der Waals surface area contributed by atoms with Crippen LogP contribution in [0.5, 0.6) is 0 Å². The van der Waals surface area contributed by atoms with E-state index in [4.69, 9.17) is 0 Å². The molecule has 0 bridgehead atoms. The van der Waals surface area contributed by atoms with Crippen molar-refractivity contribution < 1.29 is 9.18 Å². The van der Waals surface area contributed by atoms with E-state index in [1.54, 1.807) is 17.0 Å². The summed E-state index contributed by atoms with van der Waals surface area (Å²) in [5, 5.41) is 3.28. The number of benzene rings is 1. The molecule has 0 unspecified atom stereocenters. The summed E-state index contributed by atoms with van der Waals surface area (Å²) in [6.45, 7) is 3.66. The third-order valence-corrected chi connectivity index (χ3v) is 3.33. The quantitative estimate of drug-likeness (QED) is 0.893. The Labute approximate surface area is 107 Å². The van der Waals surface area contributed by atoms with Crippen LogP contribution in [0.25, 0.3) is 0 Å². The zero-order chi connectivity index (χ0) is 13.0. The summed E-state index contributed by atoms with van der Waals surface area (Å²) in [6.07, 6.45) is 2.28. The molecule has 1 amide bonds. The van der Waals surface area contributed by atoms with E-state index < -0.39 is 0 Å². The Bertz CT molecular complexity index is 416.